The van der Waals surface area contributed by atoms with Crippen molar-refractivity contribution in [2.24, 2.45) is 0 Å². The molecular weight excluding hydrogens is 206 g/mol. The third kappa shape index (κ3) is 3.03. The van der Waals surface area contributed by atoms with Gasteiger partial charge in [0.05, 0.1) is 17.2 Å². The highest BCUT2D eigenvalue weighted by Gasteiger charge is 2.45. The van der Waals surface area contributed by atoms with Gasteiger partial charge in [0, 0.05) is 12.8 Å². The minimum Gasteiger partial charge on any atom is -0.634 e. The third-order valence-corrected chi connectivity index (χ3v) is 4.10. The summed E-state index contributed by atoms with van der Waals surface area (Å²) < 4.78 is 6.00. The molecule has 1 heterocycles. The van der Waals surface area contributed by atoms with E-state index in [0.717, 1.165) is 12.8 Å². The predicted octanol–water partition coefficient (Wildman–Crippen LogP) is 1.09. The maximum Gasteiger partial charge on any atom is 0.171 e. The lowest BCUT2D eigenvalue weighted by atomic mass is 9.80. The van der Waals surface area contributed by atoms with Gasteiger partial charge < -0.3 is 14.7 Å². The van der Waals surface area contributed by atoms with Crippen LogP contribution in [0.3, 0.4) is 0 Å². The Morgan fingerprint density at radius 3 is 1.87 bits per heavy atom. The number of quaternary nitrogens is 1. The Kier molecular flexibility index (Phi) is 3.65. The maximum absolute atomic E-state index is 12.2. The van der Waals surface area contributed by atoms with Crippen molar-refractivity contribution in [1.82, 2.24) is 0 Å². The summed E-state index contributed by atoms with van der Waals surface area (Å²) in [7, 11) is -0.991. The predicted molar refractivity (Wildman–Crippen MR) is 65.5 cm³/mol. The molecule has 0 aliphatic carbocycles. The second-order valence-electron chi connectivity index (χ2n) is 6.31. The largest absolute Gasteiger partial charge is 0.634 e. The van der Waals surface area contributed by atoms with E-state index in [0.29, 0.717) is 11.2 Å². The summed E-state index contributed by atoms with van der Waals surface area (Å²) in [5.74, 6) is 0. The van der Waals surface area contributed by atoms with Crippen LogP contribution in [0.15, 0.2) is 0 Å². The highest BCUT2D eigenvalue weighted by molar-refractivity contribution is 6.48. The van der Waals surface area contributed by atoms with E-state index in [1.807, 2.05) is 0 Å². The van der Waals surface area contributed by atoms with Gasteiger partial charge in [0.1, 0.15) is 0 Å². The Balaban J connectivity index is 2.75. The van der Waals surface area contributed by atoms with Gasteiger partial charge in [-0.1, -0.05) is 0 Å². The van der Waals surface area contributed by atoms with E-state index in [1.165, 1.54) is 0 Å². The Morgan fingerprint density at radius 2 is 1.53 bits per heavy atom. The van der Waals surface area contributed by atoms with Gasteiger partial charge in [0.25, 0.3) is 0 Å². The van der Waals surface area contributed by atoms with Crippen molar-refractivity contribution in [2.75, 3.05) is 0 Å². The lowest BCUT2D eigenvalue weighted by molar-refractivity contribution is -0.956. The fraction of sp³-hybridized carbons (Fsp3) is 1.00. The molecule has 0 aromatic rings. The Hall–Kier alpha value is 0.0969. The fourth-order valence-corrected chi connectivity index (χ4v) is 3.76. The van der Waals surface area contributed by atoms with Crippen LogP contribution in [-0.4, -0.2) is 26.2 Å². The fourth-order valence-electron chi connectivity index (χ4n) is 2.79. The first-order valence-corrected chi connectivity index (χ1v) is 8.63. The normalized spacial score (nSPS) is 34.4. The molecule has 0 atom stereocenters. The number of hydrogen-bond donors (Lipinski definition) is 1. The minimum absolute atomic E-state index is 0.213. The van der Waals surface area contributed by atoms with Crippen LogP contribution in [0.4, 0.5) is 0 Å². The van der Waals surface area contributed by atoms with Gasteiger partial charge >= 0.3 is 0 Å². The molecule has 0 radical (unpaired) electrons. The molecule has 1 aliphatic rings. The topological polar surface area (TPSA) is 36.7 Å². The Labute approximate surface area is 95.1 Å². The van der Waals surface area contributed by atoms with E-state index in [4.69, 9.17) is 4.43 Å². The average Bonchev–Trinajstić information content (AvgIpc) is 1.97. The molecule has 1 fully saturated rings. The molecule has 90 valence electrons. The third-order valence-electron chi connectivity index (χ3n) is 3.17. The SMILES string of the molecule is C[SiH](C)OC1CC(C)(C)[NH+]([O-])C(C)(C)C1. The van der Waals surface area contributed by atoms with Crippen LogP contribution in [-0.2, 0) is 4.43 Å². The molecule has 3 nitrogen and oxygen atoms in total. The molecule has 0 unspecified atom stereocenters. The van der Waals surface area contributed by atoms with Crippen molar-refractivity contribution in [3.05, 3.63) is 5.21 Å². The van der Waals surface area contributed by atoms with Crippen molar-refractivity contribution in [3.63, 3.8) is 0 Å². The Bertz CT molecular complexity index is 211. The minimum atomic E-state index is -0.991. The molecule has 0 bridgehead atoms. The highest BCUT2D eigenvalue weighted by atomic mass is 28.3. The number of rotatable bonds is 2. The summed E-state index contributed by atoms with van der Waals surface area (Å²) in [5, 5.41) is 12.5. The molecular formula is C11H25NO2Si. The average molecular weight is 231 g/mol. The van der Waals surface area contributed by atoms with Crippen LogP contribution >= 0.6 is 0 Å². The highest BCUT2D eigenvalue weighted by Crippen LogP contribution is 2.26. The zero-order valence-corrected chi connectivity index (χ0v) is 12.0. The molecule has 4 heteroatoms. The van der Waals surface area contributed by atoms with Crippen LogP contribution in [0.5, 0.6) is 0 Å². The number of nitrogens with one attached hydrogen (secondary N) is 1. The summed E-state index contributed by atoms with van der Waals surface area (Å²) in [5.41, 5.74) is -0.425. The van der Waals surface area contributed by atoms with Gasteiger partial charge in [0.2, 0.25) is 0 Å². The molecule has 1 N–H and O–H groups in total. The van der Waals surface area contributed by atoms with E-state index in [-0.39, 0.29) is 11.1 Å². The second kappa shape index (κ2) is 4.16. The van der Waals surface area contributed by atoms with E-state index < -0.39 is 9.04 Å². The molecule has 1 rings (SSSR count). The molecule has 15 heavy (non-hydrogen) atoms. The molecule has 0 spiro atoms. The number of hydroxylamine groups is 2. The van der Waals surface area contributed by atoms with Gasteiger partial charge in [-0.05, 0) is 40.8 Å². The van der Waals surface area contributed by atoms with Crippen molar-refractivity contribution in [2.45, 2.75) is 70.8 Å². The van der Waals surface area contributed by atoms with Gasteiger partial charge in [-0.3, -0.25) is 0 Å². The van der Waals surface area contributed by atoms with Crippen LogP contribution in [0, 0.1) is 5.21 Å². The number of hydrogen-bond acceptors (Lipinski definition) is 2. The van der Waals surface area contributed by atoms with E-state index in [1.54, 1.807) is 0 Å². The molecule has 0 saturated carbocycles. The number of piperidine rings is 1. The molecule has 1 saturated heterocycles. The Morgan fingerprint density at radius 1 is 1.13 bits per heavy atom. The first kappa shape index (κ1) is 13.2. The monoisotopic (exact) mass is 231 g/mol. The zero-order chi connectivity index (χ0) is 11.9. The van der Waals surface area contributed by atoms with Gasteiger partial charge in [-0.2, -0.15) is 0 Å². The van der Waals surface area contributed by atoms with Crippen molar-refractivity contribution < 1.29 is 9.49 Å². The molecule has 0 aromatic heterocycles. The van der Waals surface area contributed by atoms with Crippen molar-refractivity contribution >= 4 is 9.04 Å². The van der Waals surface area contributed by atoms with Crippen molar-refractivity contribution in [3.8, 4) is 0 Å². The standard InChI is InChI=1S/C11H25NO2Si/c1-10(2)7-9(14-15(5)6)8-11(3,4)12(10)13/h9,12,15H,7-8H2,1-6H3. The first-order valence-electron chi connectivity index (χ1n) is 5.85. The maximum atomic E-state index is 12.2. The van der Waals surface area contributed by atoms with Crippen molar-refractivity contribution in [1.29, 1.82) is 0 Å². The van der Waals surface area contributed by atoms with Crippen LogP contribution in [0.2, 0.25) is 13.1 Å². The zero-order valence-electron chi connectivity index (χ0n) is 10.9. The van der Waals surface area contributed by atoms with Gasteiger partial charge in [-0.15, -0.1) is 0 Å². The van der Waals surface area contributed by atoms with E-state index in [2.05, 4.69) is 40.8 Å². The summed E-state index contributed by atoms with van der Waals surface area (Å²) in [4.78, 5) is 0. The summed E-state index contributed by atoms with van der Waals surface area (Å²) in [6.07, 6.45) is 2.07. The molecule has 0 aromatic carbocycles. The lowest BCUT2D eigenvalue weighted by Crippen LogP contribution is -3.23. The van der Waals surface area contributed by atoms with E-state index >= 15 is 0 Å². The lowest BCUT2D eigenvalue weighted by Gasteiger charge is -2.54. The summed E-state index contributed by atoms with van der Waals surface area (Å²) in [6, 6.07) is 0. The second-order valence-corrected chi connectivity index (χ2v) is 8.68. The summed E-state index contributed by atoms with van der Waals surface area (Å²) >= 11 is 0. The van der Waals surface area contributed by atoms with Crippen LogP contribution < -0.4 is 5.06 Å². The summed E-state index contributed by atoms with van der Waals surface area (Å²) in [6.45, 7) is 12.6. The van der Waals surface area contributed by atoms with Crippen LogP contribution in [0.1, 0.15) is 40.5 Å². The first-order chi connectivity index (χ1) is 6.65. The molecule has 0 amide bonds. The van der Waals surface area contributed by atoms with Gasteiger partial charge in [-0.25, -0.2) is 0 Å². The van der Waals surface area contributed by atoms with E-state index in [9.17, 15) is 5.21 Å². The molecule has 1 aliphatic heterocycles. The van der Waals surface area contributed by atoms with Gasteiger partial charge in [0.15, 0.2) is 9.04 Å². The quantitative estimate of drug-likeness (QED) is 0.570. The smallest absolute Gasteiger partial charge is 0.171 e. The van der Waals surface area contributed by atoms with Crippen LogP contribution in [0.25, 0.3) is 0 Å².